The molecule has 1 aromatic rings. The largest absolute Gasteiger partial charge is 0.477 e. The Morgan fingerprint density at radius 3 is 2.62 bits per heavy atom. The highest BCUT2D eigenvalue weighted by molar-refractivity contribution is 6.07. The van der Waals surface area contributed by atoms with Crippen molar-refractivity contribution in [3.63, 3.8) is 0 Å². The molecule has 0 radical (unpaired) electrons. The molecule has 2 aliphatic heterocycles. The fourth-order valence-corrected chi connectivity index (χ4v) is 3.83. The van der Waals surface area contributed by atoms with Crippen LogP contribution in [0.25, 0.3) is 0 Å². The number of nitrogens with zero attached hydrogens (tertiary/aromatic N) is 1. The van der Waals surface area contributed by atoms with Crippen molar-refractivity contribution in [2.75, 3.05) is 19.8 Å². The molecule has 2 aliphatic rings. The number of hydrogen-bond donors (Lipinski definition) is 3. The summed E-state index contributed by atoms with van der Waals surface area (Å²) in [6, 6.07) is 6.93. The first-order valence-electron chi connectivity index (χ1n) is 10.6. The summed E-state index contributed by atoms with van der Waals surface area (Å²) >= 11 is 0. The molecule has 11 nitrogen and oxygen atoms in total. The van der Waals surface area contributed by atoms with Gasteiger partial charge in [0.05, 0.1) is 12.6 Å². The van der Waals surface area contributed by atoms with Gasteiger partial charge in [-0.1, -0.05) is 49.1 Å². The van der Waals surface area contributed by atoms with Gasteiger partial charge in [0.25, 0.3) is 0 Å². The summed E-state index contributed by atoms with van der Waals surface area (Å²) in [7, 11) is 0. The fourth-order valence-electron chi connectivity index (χ4n) is 3.83. The van der Waals surface area contributed by atoms with E-state index in [0.29, 0.717) is 18.4 Å². The molecule has 1 saturated heterocycles. The van der Waals surface area contributed by atoms with Gasteiger partial charge in [0, 0.05) is 0 Å². The van der Waals surface area contributed by atoms with E-state index in [1.165, 1.54) is 12.2 Å². The monoisotopic (exact) mass is 471 g/mol. The van der Waals surface area contributed by atoms with E-state index in [9.17, 15) is 29.1 Å². The summed E-state index contributed by atoms with van der Waals surface area (Å²) in [5.74, 6) is -4.21. The van der Waals surface area contributed by atoms with Gasteiger partial charge in [-0.05, 0) is 18.4 Å². The number of fused-ring (bicyclic) bond motifs is 1. The van der Waals surface area contributed by atoms with Crippen molar-refractivity contribution in [3.05, 3.63) is 60.3 Å². The first-order valence-corrected chi connectivity index (χ1v) is 10.6. The molecule has 34 heavy (non-hydrogen) atoms. The lowest BCUT2D eigenvalue weighted by atomic mass is 9.81. The van der Waals surface area contributed by atoms with Crippen LogP contribution >= 0.6 is 0 Å². The number of benzene rings is 1. The molecule has 180 valence electrons. The molecule has 3 amide bonds. The van der Waals surface area contributed by atoms with Crippen molar-refractivity contribution in [2.45, 2.75) is 24.9 Å². The standard InChI is InChI=1S/C23H25N3O8/c1-2-12-34-23(32)25-18(14-7-4-3-5-8-14)19(27)24-11-13-33-22(31)17-15-9-6-10-16(21(29)30)26(15)20(17)28/h2-5,7-8,10,15,17-18H,1,6,9,11-13H2,(H,24,27)(H,25,32)(H,29,30)/t15-,17-,18?/m0/s1. The number of β-lactam (4-membered cyclic amide) rings is 1. The second-order valence-corrected chi connectivity index (χ2v) is 7.56. The Balaban J connectivity index is 1.50. The summed E-state index contributed by atoms with van der Waals surface area (Å²) in [5, 5.41) is 14.2. The van der Waals surface area contributed by atoms with Crippen LogP contribution in [0.5, 0.6) is 0 Å². The third-order valence-corrected chi connectivity index (χ3v) is 5.39. The van der Waals surface area contributed by atoms with E-state index >= 15 is 0 Å². The number of allylic oxidation sites excluding steroid dienone is 1. The molecule has 3 atom stereocenters. The average molecular weight is 471 g/mol. The summed E-state index contributed by atoms with van der Waals surface area (Å²) in [4.78, 5) is 61.7. The minimum atomic E-state index is -1.22. The number of nitrogens with one attached hydrogen (secondary N) is 2. The molecule has 3 rings (SSSR count). The van der Waals surface area contributed by atoms with Crippen molar-refractivity contribution in [1.29, 1.82) is 0 Å². The molecule has 2 heterocycles. The van der Waals surface area contributed by atoms with Crippen LogP contribution in [0.4, 0.5) is 4.79 Å². The molecule has 1 aromatic carbocycles. The maximum atomic E-state index is 12.7. The lowest BCUT2D eigenvalue weighted by molar-refractivity contribution is -0.173. The van der Waals surface area contributed by atoms with Crippen LogP contribution in [0.2, 0.25) is 0 Å². The minimum Gasteiger partial charge on any atom is -0.477 e. The van der Waals surface area contributed by atoms with Gasteiger partial charge in [-0.2, -0.15) is 0 Å². The lowest BCUT2D eigenvalue weighted by Gasteiger charge is -2.47. The SMILES string of the molecule is C=CCOC(=O)NC(C(=O)NCCOC(=O)[C@@H]1C(=O)N2C(C(=O)O)=CCC[C@@H]12)c1ccccc1. The minimum absolute atomic E-state index is 0.0209. The van der Waals surface area contributed by atoms with Crippen molar-refractivity contribution in [2.24, 2.45) is 5.92 Å². The molecule has 3 N–H and O–H groups in total. The number of esters is 1. The number of carbonyl (C=O) groups is 5. The summed E-state index contributed by atoms with van der Waals surface area (Å²) in [6.45, 7) is 3.17. The maximum Gasteiger partial charge on any atom is 0.408 e. The van der Waals surface area contributed by atoms with Gasteiger partial charge in [-0.25, -0.2) is 9.59 Å². The third kappa shape index (κ3) is 5.42. The van der Waals surface area contributed by atoms with Gasteiger partial charge in [-0.15, -0.1) is 0 Å². The van der Waals surface area contributed by atoms with E-state index in [1.54, 1.807) is 30.3 Å². The van der Waals surface area contributed by atoms with Crippen LogP contribution in [0, 0.1) is 5.92 Å². The predicted molar refractivity (Wildman–Crippen MR) is 117 cm³/mol. The van der Waals surface area contributed by atoms with Gasteiger partial charge in [0.1, 0.15) is 25.0 Å². The highest BCUT2D eigenvalue weighted by Crippen LogP contribution is 2.38. The Labute approximate surface area is 195 Å². The van der Waals surface area contributed by atoms with Gasteiger partial charge in [-0.3, -0.25) is 14.4 Å². The van der Waals surface area contributed by atoms with Gasteiger partial charge < -0.3 is 30.1 Å². The average Bonchev–Trinajstić information content (AvgIpc) is 2.83. The van der Waals surface area contributed by atoms with Crippen LogP contribution in [0.3, 0.4) is 0 Å². The quantitative estimate of drug-likeness (QED) is 0.150. The van der Waals surface area contributed by atoms with Crippen LogP contribution in [0.1, 0.15) is 24.4 Å². The van der Waals surface area contributed by atoms with E-state index in [4.69, 9.17) is 9.47 Å². The first-order chi connectivity index (χ1) is 16.3. The molecule has 0 saturated carbocycles. The Hall–Kier alpha value is -4.15. The zero-order valence-corrected chi connectivity index (χ0v) is 18.3. The highest BCUT2D eigenvalue weighted by Gasteiger charge is 2.55. The predicted octanol–water partition coefficient (Wildman–Crippen LogP) is 0.889. The fraction of sp³-hybridized carbons (Fsp3) is 0.348. The number of carbonyl (C=O) groups excluding carboxylic acids is 4. The number of carboxylic acid groups (broad SMARTS) is 1. The zero-order chi connectivity index (χ0) is 24.7. The lowest BCUT2D eigenvalue weighted by Crippen LogP contribution is -2.65. The zero-order valence-electron chi connectivity index (χ0n) is 18.3. The van der Waals surface area contributed by atoms with E-state index in [2.05, 4.69) is 17.2 Å². The molecule has 1 unspecified atom stereocenters. The molecule has 1 fully saturated rings. The van der Waals surface area contributed by atoms with E-state index in [-0.39, 0.29) is 25.5 Å². The van der Waals surface area contributed by atoms with E-state index < -0.39 is 47.8 Å². The molecular formula is C23H25N3O8. The Morgan fingerprint density at radius 1 is 1.21 bits per heavy atom. The maximum absolute atomic E-state index is 12.7. The Kier molecular flexibility index (Phi) is 8.01. The van der Waals surface area contributed by atoms with Crippen LogP contribution in [0.15, 0.2) is 54.8 Å². The molecule has 0 bridgehead atoms. The number of aliphatic carboxylic acids is 1. The normalized spacial score (nSPS) is 19.5. The second kappa shape index (κ2) is 11.1. The van der Waals surface area contributed by atoms with Gasteiger partial charge >= 0.3 is 18.0 Å². The van der Waals surface area contributed by atoms with Gasteiger partial charge in [0.2, 0.25) is 11.8 Å². The molecule has 11 heteroatoms. The number of rotatable bonds is 10. The number of hydrogen-bond acceptors (Lipinski definition) is 7. The Morgan fingerprint density at radius 2 is 1.94 bits per heavy atom. The first kappa shape index (κ1) is 24.5. The Bertz CT molecular complexity index is 1010. The topological polar surface area (TPSA) is 151 Å². The smallest absolute Gasteiger partial charge is 0.408 e. The van der Waals surface area contributed by atoms with E-state index in [1.807, 2.05) is 0 Å². The number of carboxylic acids is 1. The van der Waals surface area contributed by atoms with Crippen molar-refractivity contribution < 1.29 is 38.6 Å². The van der Waals surface area contributed by atoms with Crippen molar-refractivity contribution >= 4 is 29.8 Å². The van der Waals surface area contributed by atoms with Crippen LogP contribution < -0.4 is 10.6 Å². The van der Waals surface area contributed by atoms with E-state index in [0.717, 1.165) is 4.90 Å². The van der Waals surface area contributed by atoms with Gasteiger partial charge in [0.15, 0.2) is 5.92 Å². The number of amides is 3. The molecule has 0 aromatic heterocycles. The third-order valence-electron chi connectivity index (χ3n) is 5.39. The van der Waals surface area contributed by atoms with Crippen molar-refractivity contribution in [1.82, 2.24) is 15.5 Å². The number of alkyl carbamates (subject to hydrolysis) is 1. The van der Waals surface area contributed by atoms with Crippen molar-refractivity contribution in [3.8, 4) is 0 Å². The molecule has 0 aliphatic carbocycles. The second-order valence-electron chi connectivity index (χ2n) is 7.56. The van der Waals surface area contributed by atoms with Crippen LogP contribution in [-0.2, 0) is 28.7 Å². The summed E-state index contributed by atoms with van der Waals surface area (Å²) in [5.41, 5.74) is 0.399. The summed E-state index contributed by atoms with van der Waals surface area (Å²) < 4.78 is 10.0. The molecular weight excluding hydrogens is 446 g/mol. The highest BCUT2D eigenvalue weighted by atomic mass is 16.5. The molecule has 0 spiro atoms. The van der Waals surface area contributed by atoms with Crippen LogP contribution in [-0.4, -0.2) is 65.7 Å². The number of ether oxygens (including phenoxy) is 2. The summed E-state index contributed by atoms with van der Waals surface area (Å²) in [6.07, 6.45) is 2.96.